The first-order valence-electron chi connectivity index (χ1n) is 4.67. The fourth-order valence-corrected chi connectivity index (χ4v) is 2.01. The Balaban J connectivity index is 2.09. The second-order valence-corrected chi connectivity index (χ2v) is 4.27. The third kappa shape index (κ3) is 2.44. The SMILES string of the molecule is Nc1ccc(CC(=O)c2cccs2)cc1. The van der Waals surface area contributed by atoms with Crippen LogP contribution in [0.3, 0.4) is 0 Å². The Labute approximate surface area is 92.4 Å². The first-order chi connectivity index (χ1) is 7.25. The van der Waals surface area contributed by atoms with E-state index in [-0.39, 0.29) is 5.78 Å². The zero-order valence-corrected chi connectivity index (χ0v) is 8.96. The molecule has 0 aliphatic heterocycles. The molecule has 0 spiro atoms. The average Bonchev–Trinajstić information content (AvgIpc) is 2.74. The van der Waals surface area contributed by atoms with Gasteiger partial charge in [0, 0.05) is 12.1 Å². The highest BCUT2D eigenvalue weighted by atomic mass is 32.1. The van der Waals surface area contributed by atoms with E-state index in [0.29, 0.717) is 6.42 Å². The van der Waals surface area contributed by atoms with Crippen LogP contribution in [-0.2, 0) is 6.42 Å². The van der Waals surface area contributed by atoms with Gasteiger partial charge in [0.1, 0.15) is 0 Å². The molecule has 0 radical (unpaired) electrons. The maximum absolute atomic E-state index is 11.7. The van der Waals surface area contributed by atoms with E-state index in [1.165, 1.54) is 11.3 Å². The van der Waals surface area contributed by atoms with Crippen molar-refractivity contribution in [3.05, 3.63) is 52.2 Å². The summed E-state index contributed by atoms with van der Waals surface area (Å²) in [7, 11) is 0. The second-order valence-electron chi connectivity index (χ2n) is 3.32. The smallest absolute Gasteiger partial charge is 0.177 e. The number of rotatable bonds is 3. The van der Waals surface area contributed by atoms with Gasteiger partial charge in [0.05, 0.1) is 4.88 Å². The van der Waals surface area contributed by atoms with Crippen LogP contribution in [0, 0.1) is 0 Å². The number of thiophene rings is 1. The lowest BCUT2D eigenvalue weighted by molar-refractivity contribution is 0.0997. The highest BCUT2D eigenvalue weighted by Crippen LogP contribution is 2.13. The fraction of sp³-hybridized carbons (Fsp3) is 0.0833. The van der Waals surface area contributed by atoms with E-state index in [2.05, 4.69) is 0 Å². The molecular weight excluding hydrogens is 206 g/mol. The van der Waals surface area contributed by atoms with Crippen molar-refractivity contribution < 1.29 is 4.79 Å². The van der Waals surface area contributed by atoms with Crippen molar-refractivity contribution in [3.8, 4) is 0 Å². The molecule has 0 atom stereocenters. The van der Waals surface area contributed by atoms with Crippen molar-refractivity contribution in [3.63, 3.8) is 0 Å². The number of carbonyl (C=O) groups excluding carboxylic acids is 1. The van der Waals surface area contributed by atoms with Gasteiger partial charge in [-0.05, 0) is 29.1 Å². The van der Waals surface area contributed by atoms with Crippen molar-refractivity contribution in [2.45, 2.75) is 6.42 Å². The number of carbonyl (C=O) groups is 1. The molecule has 0 bridgehead atoms. The largest absolute Gasteiger partial charge is 0.399 e. The lowest BCUT2D eigenvalue weighted by Gasteiger charge is -1.99. The third-order valence-corrected chi connectivity index (χ3v) is 3.05. The Morgan fingerprint density at radius 2 is 1.93 bits per heavy atom. The number of hydrogen-bond acceptors (Lipinski definition) is 3. The van der Waals surface area contributed by atoms with Gasteiger partial charge in [-0.25, -0.2) is 0 Å². The molecule has 0 amide bonds. The summed E-state index contributed by atoms with van der Waals surface area (Å²) in [6.07, 6.45) is 0.445. The van der Waals surface area contributed by atoms with Crippen molar-refractivity contribution >= 4 is 22.8 Å². The van der Waals surface area contributed by atoms with Gasteiger partial charge in [-0.3, -0.25) is 4.79 Å². The number of nitrogens with two attached hydrogens (primary N) is 1. The molecule has 1 aromatic heterocycles. The molecule has 0 saturated heterocycles. The quantitative estimate of drug-likeness (QED) is 0.634. The Morgan fingerprint density at radius 3 is 2.53 bits per heavy atom. The fourth-order valence-electron chi connectivity index (χ4n) is 1.35. The van der Waals surface area contributed by atoms with E-state index in [1.807, 2.05) is 41.8 Å². The van der Waals surface area contributed by atoms with Gasteiger partial charge in [-0.2, -0.15) is 0 Å². The topological polar surface area (TPSA) is 43.1 Å². The van der Waals surface area contributed by atoms with E-state index in [9.17, 15) is 4.79 Å². The molecule has 1 aromatic carbocycles. The number of anilines is 1. The van der Waals surface area contributed by atoms with Crippen LogP contribution in [0.2, 0.25) is 0 Å². The van der Waals surface area contributed by atoms with E-state index in [1.54, 1.807) is 0 Å². The summed E-state index contributed by atoms with van der Waals surface area (Å²) in [4.78, 5) is 12.6. The Kier molecular flexibility index (Phi) is 2.83. The molecule has 2 nitrogen and oxygen atoms in total. The van der Waals surface area contributed by atoms with Crippen molar-refractivity contribution in [2.24, 2.45) is 0 Å². The molecule has 3 heteroatoms. The summed E-state index contributed by atoms with van der Waals surface area (Å²) < 4.78 is 0. The molecule has 0 unspecified atom stereocenters. The van der Waals surface area contributed by atoms with Crippen LogP contribution in [0.1, 0.15) is 15.2 Å². The van der Waals surface area contributed by atoms with Gasteiger partial charge in [-0.15, -0.1) is 11.3 Å². The molecule has 0 saturated carbocycles. The minimum Gasteiger partial charge on any atom is -0.399 e. The van der Waals surface area contributed by atoms with Crippen LogP contribution in [-0.4, -0.2) is 5.78 Å². The highest BCUT2D eigenvalue weighted by molar-refractivity contribution is 7.12. The summed E-state index contributed by atoms with van der Waals surface area (Å²) >= 11 is 1.48. The predicted molar refractivity (Wildman–Crippen MR) is 63.2 cm³/mol. The summed E-state index contributed by atoms with van der Waals surface area (Å²) in [5, 5.41) is 1.91. The number of benzene rings is 1. The standard InChI is InChI=1S/C12H11NOS/c13-10-5-3-9(4-6-10)8-11(14)12-2-1-7-15-12/h1-7H,8,13H2. The van der Waals surface area contributed by atoms with Gasteiger partial charge in [-0.1, -0.05) is 18.2 Å². The summed E-state index contributed by atoms with van der Waals surface area (Å²) in [6, 6.07) is 11.2. The van der Waals surface area contributed by atoms with E-state index in [0.717, 1.165) is 16.1 Å². The molecule has 0 aliphatic carbocycles. The van der Waals surface area contributed by atoms with Crippen LogP contribution in [0.5, 0.6) is 0 Å². The first-order valence-corrected chi connectivity index (χ1v) is 5.55. The minimum atomic E-state index is 0.162. The van der Waals surface area contributed by atoms with E-state index < -0.39 is 0 Å². The van der Waals surface area contributed by atoms with Crippen LogP contribution in [0.15, 0.2) is 41.8 Å². The molecule has 1 heterocycles. The maximum atomic E-state index is 11.7. The molecule has 15 heavy (non-hydrogen) atoms. The van der Waals surface area contributed by atoms with Crippen LogP contribution < -0.4 is 5.73 Å². The summed E-state index contributed by atoms with van der Waals surface area (Å²) in [6.45, 7) is 0. The third-order valence-electron chi connectivity index (χ3n) is 2.14. The first kappa shape index (κ1) is 9.93. The number of hydrogen-bond donors (Lipinski definition) is 1. The van der Waals surface area contributed by atoms with Gasteiger partial charge < -0.3 is 5.73 Å². The maximum Gasteiger partial charge on any atom is 0.177 e. The lowest BCUT2D eigenvalue weighted by Crippen LogP contribution is -2.01. The number of Topliss-reactive ketones (excluding diaryl/α,β-unsaturated/α-hetero) is 1. The molecule has 2 rings (SSSR count). The lowest BCUT2D eigenvalue weighted by atomic mass is 10.1. The molecule has 0 aliphatic rings. The molecule has 2 aromatic rings. The molecule has 2 N–H and O–H groups in total. The molecule has 0 fully saturated rings. The van der Waals surface area contributed by atoms with Crippen molar-refractivity contribution in [2.75, 3.05) is 5.73 Å². The second kappa shape index (κ2) is 4.28. The Morgan fingerprint density at radius 1 is 1.20 bits per heavy atom. The highest BCUT2D eigenvalue weighted by Gasteiger charge is 2.07. The summed E-state index contributed by atoms with van der Waals surface area (Å²) in [5.74, 6) is 0.162. The van der Waals surface area contributed by atoms with Crippen molar-refractivity contribution in [1.29, 1.82) is 0 Å². The summed E-state index contributed by atoms with van der Waals surface area (Å²) in [5.41, 5.74) is 7.30. The molecule has 76 valence electrons. The zero-order chi connectivity index (χ0) is 10.7. The van der Waals surface area contributed by atoms with E-state index >= 15 is 0 Å². The zero-order valence-electron chi connectivity index (χ0n) is 8.14. The van der Waals surface area contributed by atoms with Crippen molar-refractivity contribution in [1.82, 2.24) is 0 Å². The van der Waals surface area contributed by atoms with Gasteiger partial charge in [0.2, 0.25) is 0 Å². The minimum absolute atomic E-state index is 0.162. The van der Waals surface area contributed by atoms with E-state index in [4.69, 9.17) is 5.73 Å². The molecular formula is C12H11NOS. The van der Waals surface area contributed by atoms with Gasteiger partial charge in [0.15, 0.2) is 5.78 Å². The predicted octanol–water partition coefficient (Wildman–Crippen LogP) is 2.76. The van der Waals surface area contributed by atoms with Gasteiger partial charge in [0.25, 0.3) is 0 Å². The Hall–Kier alpha value is -1.61. The Bertz CT molecular complexity index is 445. The number of ketones is 1. The monoisotopic (exact) mass is 217 g/mol. The van der Waals surface area contributed by atoms with Crippen LogP contribution >= 0.6 is 11.3 Å². The van der Waals surface area contributed by atoms with Crippen LogP contribution in [0.25, 0.3) is 0 Å². The van der Waals surface area contributed by atoms with Gasteiger partial charge >= 0.3 is 0 Å². The normalized spacial score (nSPS) is 10.1. The van der Waals surface area contributed by atoms with Crippen LogP contribution in [0.4, 0.5) is 5.69 Å². The number of nitrogen functional groups attached to an aromatic ring is 1. The average molecular weight is 217 g/mol.